The van der Waals surface area contributed by atoms with E-state index in [9.17, 15) is 31.1 Å². The zero-order valence-corrected chi connectivity index (χ0v) is 10.6. The molecule has 0 unspecified atom stereocenters. The lowest BCUT2D eigenvalue weighted by atomic mass is 10.2. The van der Waals surface area contributed by atoms with Crippen molar-refractivity contribution < 1.29 is 41.0 Å². The number of alkyl halides is 6. The first-order chi connectivity index (χ1) is 8.43. The van der Waals surface area contributed by atoms with Crippen LogP contribution in [0.25, 0.3) is 0 Å². The summed E-state index contributed by atoms with van der Waals surface area (Å²) >= 11 is 0.917. The van der Waals surface area contributed by atoms with Gasteiger partial charge in [-0.3, -0.25) is 0 Å². The number of hydrogen-bond donors (Lipinski definition) is 1. The fourth-order valence-corrected chi connectivity index (χ4v) is 1.90. The highest BCUT2D eigenvalue weighted by Gasteiger charge is 2.41. The molecule has 4 nitrogen and oxygen atoms in total. The van der Waals surface area contributed by atoms with Gasteiger partial charge in [-0.15, -0.1) is 13.2 Å². The molecule has 1 heterocycles. The van der Waals surface area contributed by atoms with E-state index in [-0.39, 0.29) is 6.20 Å². The van der Waals surface area contributed by atoms with E-state index in [0.29, 0.717) is 0 Å². The van der Waals surface area contributed by atoms with Gasteiger partial charge < -0.3 is 9.84 Å². The lowest BCUT2D eigenvalue weighted by molar-refractivity contribution is -0.275. The van der Waals surface area contributed by atoms with Gasteiger partial charge in [0.25, 0.3) is 0 Å². The van der Waals surface area contributed by atoms with Gasteiger partial charge in [0, 0.05) is 0 Å². The van der Waals surface area contributed by atoms with E-state index in [0.717, 1.165) is 22.6 Å². The van der Waals surface area contributed by atoms with E-state index in [2.05, 4.69) is 9.72 Å². The van der Waals surface area contributed by atoms with Gasteiger partial charge in [-0.05, 0) is 22.6 Å². The summed E-state index contributed by atoms with van der Waals surface area (Å²) in [4.78, 5) is 13.4. The summed E-state index contributed by atoms with van der Waals surface area (Å²) < 4.78 is 76.1. The van der Waals surface area contributed by atoms with Crippen molar-refractivity contribution >= 4 is 28.6 Å². The average molecular weight is 401 g/mol. The molecular weight excluding hydrogens is 399 g/mol. The zero-order valence-electron chi connectivity index (χ0n) is 8.43. The van der Waals surface area contributed by atoms with Gasteiger partial charge in [0.05, 0.1) is 9.77 Å². The molecule has 0 aliphatic carbocycles. The first-order valence-corrected chi connectivity index (χ1v) is 5.26. The van der Waals surface area contributed by atoms with Crippen LogP contribution in [0, 0.1) is 3.57 Å². The third-order valence-corrected chi connectivity index (χ3v) is 2.77. The van der Waals surface area contributed by atoms with Crippen LogP contribution in [0.5, 0.6) is 5.75 Å². The number of halogens is 7. The Morgan fingerprint density at radius 2 is 1.79 bits per heavy atom. The Morgan fingerprint density at radius 1 is 1.26 bits per heavy atom. The van der Waals surface area contributed by atoms with Crippen molar-refractivity contribution in [3.63, 3.8) is 0 Å². The molecule has 0 aliphatic heterocycles. The zero-order chi connectivity index (χ0) is 15.0. The summed E-state index contributed by atoms with van der Waals surface area (Å²) in [5, 5.41) is 8.55. The van der Waals surface area contributed by atoms with Gasteiger partial charge in [0.2, 0.25) is 0 Å². The van der Waals surface area contributed by atoms with Crippen molar-refractivity contribution in [2.45, 2.75) is 12.5 Å². The number of hydrogen-bond acceptors (Lipinski definition) is 3. The largest absolute Gasteiger partial charge is 0.573 e. The Balaban J connectivity index is 3.47. The number of carbonyl (C=O) groups is 1. The molecule has 0 aliphatic rings. The van der Waals surface area contributed by atoms with Crippen molar-refractivity contribution in [3.8, 4) is 5.75 Å². The molecule has 0 aromatic carbocycles. The number of aromatic carboxylic acids is 1. The molecule has 0 saturated carbocycles. The van der Waals surface area contributed by atoms with E-state index >= 15 is 0 Å². The molecule has 0 radical (unpaired) electrons. The first kappa shape index (κ1) is 15.8. The Kier molecular flexibility index (Phi) is 4.17. The van der Waals surface area contributed by atoms with Crippen molar-refractivity contribution in [1.29, 1.82) is 0 Å². The Labute approximate surface area is 114 Å². The smallest absolute Gasteiger partial charge is 0.476 e. The number of carboxylic acid groups (broad SMARTS) is 1. The fourth-order valence-electron chi connectivity index (χ4n) is 1.09. The Hall–Kier alpha value is -1.27. The van der Waals surface area contributed by atoms with E-state index in [1.807, 2.05) is 0 Å². The SMILES string of the molecule is O=C(O)c1ncc(OC(F)(F)F)c(I)c1C(F)(F)F. The molecule has 1 N–H and O–H groups in total. The molecule has 0 atom stereocenters. The summed E-state index contributed by atoms with van der Waals surface area (Å²) in [6.07, 6.45) is -10.1. The fraction of sp³-hybridized carbons (Fsp3) is 0.250. The summed E-state index contributed by atoms with van der Waals surface area (Å²) in [5.74, 6) is -3.23. The summed E-state index contributed by atoms with van der Waals surface area (Å²) in [5.41, 5.74) is -3.19. The molecular formula is C8H2F6INO3. The molecule has 1 aromatic heterocycles. The number of nitrogens with zero attached hydrogens (tertiary/aromatic N) is 1. The van der Waals surface area contributed by atoms with Crippen molar-refractivity contribution in [2.24, 2.45) is 0 Å². The number of pyridine rings is 1. The van der Waals surface area contributed by atoms with E-state index in [1.54, 1.807) is 0 Å². The molecule has 1 rings (SSSR count). The summed E-state index contributed by atoms with van der Waals surface area (Å²) in [6.45, 7) is 0. The number of rotatable bonds is 2. The van der Waals surface area contributed by atoms with Crippen LogP contribution >= 0.6 is 22.6 Å². The van der Waals surface area contributed by atoms with Crippen molar-refractivity contribution in [2.75, 3.05) is 0 Å². The number of carboxylic acids is 1. The Morgan fingerprint density at radius 3 is 2.16 bits per heavy atom. The normalized spacial score (nSPS) is 12.4. The van der Waals surface area contributed by atoms with Crippen LogP contribution in [0.4, 0.5) is 26.3 Å². The topological polar surface area (TPSA) is 59.4 Å². The maximum atomic E-state index is 12.6. The number of ether oxygens (including phenoxy) is 1. The first-order valence-electron chi connectivity index (χ1n) is 4.18. The minimum absolute atomic E-state index is 0.272. The van der Waals surface area contributed by atoms with Crippen molar-refractivity contribution in [1.82, 2.24) is 4.98 Å². The highest BCUT2D eigenvalue weighted by Crippen LogP contribution is 2.39. The molecule has 0 spiro atoms. The predicted molar refractivity (Wildman–Crippen MR) is 55.6 cm³/mol. The second-order valence-electron chi connectivity index (χ2n) is 3.01. The standard InChI is InChI=1S/C8H2F6INO3/c9-7(10,11)3-4(15)2(19-8(12,13)14)1-16-5(3)6(17)18/h1H,(H,17,18). The molecule has 0 fully saturated rings. The molecule has 1 aromatic rings. The minimum atomic E-state index is -5.21. The van der Waals surface area contributed by atoms with Gasteiger partial charge in [0.1, 0.15) is 5.56 Å². The van der Waals surface area contributed by atoms with Crippen LogP contribution in [0.15, 0.2) is 6.20 Å². The van der Waals surface area contributed by atoms with Gasteiger partial charge in [-0.25, -0.2) is 9.78 Å². The number of aromatic nitrogens is 1. The third kappa shape index (κ3) is 3.84. The van der Waals surface area contributed by atoms with Gasteiger partial charge in [0.15, 0.2) is 11.4 Å². The van der Waals surface area contributed by atoms with Crippen LogP contribution in [0.2, 0.25) is 0 Å². The molecule has 106 valence electrons. The minimum Gasteiger partial charge on any atom is -0.476 e. The molecule has 0 amide bonds. The highest BCUT2D eigenvalue weighted by atomic mass is 127. The van der Waals surface area contributed by atoms with Gasteiger partial charge in [-0.1, -0.05) is 0 Å². The highest BCUT2D eigenvalue weighted by molar-refractivity contribution is 14.1. The van der Waals surface area contributed by atoms with Crippen molar-refractivity contribution in [3.05, 3.63) is 21.0 Å². The molecule has 0 saturated heterocycles. The van der Waals surface area contributed by atoms with Crippen LogP contribution in [0.1, 0.15) is 16.1 Å². The Bertz CT molecular complexity index is 512. The van der Waals surface area contributed by atoms with E-state index in [1.165, 1.54) is 0 Å². The van der Waals surface area contributed by atoms with Crippen LogP contribution in [-0.4, -0.2) is 22.4 Å². The van der Waals surface area contributed by atoms with Crippen LogP contribution in [-0.2, 0) is 6.18 Å². The van der Waals surface area contributed by atoms with Crippen LogP contribution < -0.4 is 4.74 Å². The third-order valence-electron chi connectivity index (χ3n) is 1.70. The second kappa shape index (κ2) is 5.02. The molecule has 19 heavy (non-hydrogen) atoms. The quantitative estimate of drug-likeness (QED) is 0.611. The molecule has 0 bridgehead atoms. The monoisotopic (exact) mass is 401 g/mol. The maximum Gasteiger partial charge on any atom is 0.573 e. The van der Waals surface area contributed by atoms with E-state index < -0.39 is 39.1 Å². The lowest BCUT2D eigenvalue weighted by Gasteiger charge is -2.16. The van der Waals surface area contributed by atoms with E-state index in [4.69, 9.17) is 5.11 Å². The average Bonchev–Trinajstić information content (AvgIpc) is 2.16. The maximum absolute atomic E-state index is 12.6. The predicted octanol–water partition coefficient (Wildman–Crippen LogP) is 3.30. The lowest BCUT2D eigenvalue weighted by Crippen LogP contribution is -2.22. The molecule has 11 heteroatoms. The summed E-state index contributed by atoms with van der Waals surface area (Å²) in [7, 11) is 0. The van der Waals surface area contributed by atoms with Gasteiger partial charge >= 0.3 is 18.5 Å². The second-order valence-corrected chi connectivity index (χ2v) is 4.09. The van der Waals surface area contributed by atoms with Crippen LogP contribution in [0.3, 0.4) is 0 Å². The van der Waals surface area contributed by atoms with Gasteiger partial charge in [-0.2, -0.15) is 13.2 Å². The summed E-state index contributed by atoms with van der Waals surface area (Å²) in [6, 6.07) is 0.